The Morgan fingerprint density at radius 3 is 2.69 bits per heavy atom. The molecular weight excluding hydrogens is 639 g/mol. The Bertz CT molecular complexity index is 1510. The molecule has 0 spiro atoms. The second-order valence-corrected chi connectivity index (χ2v) is 9.73. The third-order valence-corrected chi connectivity index (χ3v) is 6.32. The molecule has 36 heavy (non-hydrogen) atoms. The zero-order valence-electron chi connectivity index (χ0n) is 19.5. The highest BCUT2D eigenvalue weighted by molar-refractivity contribution is 14.1. The largest absolute Gasteiger partial charge is 0.490 e. The van der Waals surface area contributed by atoms with Crippen LogP contribution in [-0.2, 0) is 4.79 Å². The Kier molecular flexibility index (Phi) is 8.36. The molecule has 0 saturated heterocycles. The zero-order valence-corrected chi connectivity index (χ0v) is 23.2. The monoisotopic (exact) mass is 660 g/mol. The Morgan fingerprint density at radius 1 is 1.17 bits per heavy atom. The van der Waals surface area contributed by atoms with Gasteiger partial charge >= 0.3 is 0 Å². The van der Waals surface area contributed by atoms with Crippen LogP contribution in [0, 0.1) is 10.5 Å². The first-order valence-corrected chi connectivity index (χ1v) is 12.9. The normalized spacial score (nSPS) is 11.1. The van der Waals surface area contributed by atoms with Crippen LogP contribution in [0.25, 0.3) is 10.9 Å². The predicted molar refractivity (Wildman–Crippen MR) is 152 cm³/mol. The third kappa shape index (κ3) is 6.11. The van der Waals surface area contributed by atoms with Gasteiger partial charge < -0.3 is 14.8 Å². The lowest BCUT2D eigenvalue weighted by Crippen LogP contribution is -2.21. The number of nitrogens with zero attached hydrogens (tertiary/aromatic N) is 3. The highest BCUT2D eigenvalue weighted by atomic mass is 127. The van der Waals surface area contributed by atoms with Crippen molar-refractivity contribution < 1.29 is 14.3 Å². The van der Waals surface area contributed by atoms with E-state index >= 15 is 0 Å². The maximum atomic E-state index is 13.0. The van der Waals surface area contributed by atoms with Gasteiger partial charge in [0.15, 0.2) is 18.1 Å². The molecule has 4 aromatic rings. The van der Waals surface area contributed by atoms with E-state index in [9.17, 15) is 9.59 Å². The van der Waals surface area contributed by atoms with E-state index in [0.717, 1.165) is 8.04 Å². The quantitative estimate of drug-likeness (QED) is 0.203. The molecule has 4 rings (SSSR count). The minimum Gasteiger partial charge on any atom is -0.490 e. The molecule has 0 radical (unpaired) electrons. The van der Waals surface area contributed by atoms with Gasteiger partial charge in [-0.15, -0.1) is 0 Å². The van der Waals surface area contributed by atoms with E-state index in [4.69, 9.17) is 9.47 Å². The number of ether oxygens (including phenoxy) is 2. The van der Waals surface area contributed by atoms with Crippen molar-refractivity contribution >= 4 is 67.2 Å². The highest BCUT2D eigenvalue weighted by Gasteiger charge is 2.14. The number of aromatic nitrogens is 2. The van der Waals surface area contributed by atoms with Crippen molar-refractivity contribution in [3.8, 4) is 11.5 Å². The third-order valence-electron chi connectivity index (χ3n) is 5.03. The van der Waals surface area contributed by atoms with Crippen LogP contribution in [-0.4, -0.2) is 35.0 Å². The molecule has 0 saturated carbocycles. The number of amides is 1. The summed E-state index contributed by atoms with van der Waals surface area (Å²) in [5.41, 5.74) is 1.74. The number of carbonyl (C=O) groups excluding carboxylic acids is 1. The van der Waals surface area contributed by atoms with Crippen molar-refractivity contribution in [3.63, 3.8) is 0 Å². The Balaban J connectivity index is 1.58. The zero-order chi connectivity index (χ0) is 25.7. The molecule has 8 nitrogen and oxygen atoms in total. The van der Waals surface area contributed by atoms with Crippen LogP contribution in [0.1, 0.15) is 18.3 Å². The molecule has 1 heterocycles. The lowest BCUT2D eigenvalue weighted by molar-refractivity contribution is -0.118. The van der Waals surface area contributed by atoms with Gasteiger partial charge in [-0.3, -0.25) is 9.59 Å². The summed E-state index contributed by atoms with van der Waals surface area (Å²) in [7, 11) is 0. The molecule has 0 aliphatic rings. The van der Waals surface area contributed by atoms with Crippen LogP contribution in [0.3, 0.4) is 0 Å². The van der Waals surface area contributed by atoms with Gasteiger partial charge in [0.1, 0.15) is 5.82 Å². The number of anilines is 1. The van der Waals surface area contributed by atoms with Gasteiger partial charge in [-0.05, 0) is 84.5 Å². The van der Waals surface area contributed by atoms with E-state index in [0.29, 0.717) is 46.1 Å². The van der Waals surface area contributed by atoms with Crippen LogP contribution in [0.15, 0.2) is 75.0 Å². The summed E-state index contributed by atoms with van der Waals surface area (Å²) in [5, 5.41) is 7.64. The molecule has 10 heteroatoms. The number of nitrogens with one attached hydrogen (secondary N) is 1. The number of hydrogen-bond donors (Lipinski definition) is 1. The fourth-order valence-electron chi connectivity index (χ4n) is 3.44. The number of carbonyl (C=O) groups is 1. The fourth-order valence-corrected chi connectivity index (χ4v) is 4.58. The summed E-state index contributed by atoms with van der Waals surface area (Å²) in [4.78, 5) is 29.8. The number of fused-ring (bicyclic) bond motifs is 1. The van der Waals surface area contributed by atoms with Crippen molar-refractivity contribution in [3.05, 3.63) is 90.4 Å². The molecule has 0 aliphatic heterocycles. The van der Waals surface area contributed by atoms with Gasteiger partial charge in [0.2, 0.25) is 0 Å². The van der Waals surface area contributed by atoms with Crippen molar-refractivity contribution in [2.75, 3.05) is 18.5 Å². The summed E-state index contributed by atoms with van der Waals surface area (Å²) in [5.74, 6) is 1.12. The smallest absolute Gasteiger partial charge is 0.282 e. The van der Waals surface area contributed by atoms with E-state index in [1.807, 2.05) is 37.3 Å². The number of para-hydroxylation sites is 1. The van der Waals surface area contributed by atoms with Crippen LogP contribution in [0.2, 0.25) is 0 Å². The van der Waals surface area contributed by atoms with Gasteiger partial charge in [0.25, 0.3) is 11.5 Å². The number of hydrogen-bond acceptors (Lipinski definition) is 6. The van der Waals surface area contributed by atoms with Crippen LogP contribution in [0.5, 0.6) is 11.5 Å². The number of halogens is 2. The Morgan fingerprint density at radius 2 is 1.94 bits per heavy atom. The van der Waals surface area contributed by atoms with Gasteiger partial charge in [-0.25, -0.2) is 4.98 Å². The average Bonchev–Trinajstić information content (AvgIpc) is 2.85. The number of rotatable bonds is 8. The van der Waals surface area contributed by atoms with E-state index < -0.39 is 0 Å². The van der Waals surface area contributed by atoms with Crippen molar-refractivity contribution in [2.24, 2.45) is 5.10 Å². The summed E-state index contributed by atoms with van der Waals surface area (Å²) in [6.45, 7) is 3.82. The van der Waals surface area contributed by atoms with E-state index in [-0.39, 0.29) is 18.1 Å². The van der Waals surface area contributed by atoms with Gasteiger partial charge in [-0.2, -0.15) is 9.78 Å². The van der Waals surface area contributed by atoms with E-state index in [1.54, 1.807) is 43.5 Å². The lowest BCUT2D eigenvalue weighted by atomic mass is 10.2. The standard InChI is InChI=1S/C26H22BrIN4O4/c1-3-35-23-12-17(11-21(28)25(23)36-15-24(33)31-19-7-5-4-6-8-19)14-29-32-16(2)30-22-10-9-18(27)13-20(22)26(32)34/h4-14H,3,15H2,1-2H3,(H,31,33). The van der Waals surface area contributed by atoms with Crippen LogP contribution >= 0.6 is 38.5 Å². The molecule has 0 unspecified atom stereocenters. The number of aryl methyl sites for hydroxylation is 1. The second kappa shape index (κ2) is 11.7. The van der Waals surface area contributed by atoms with Crippen LogP contribution < -0.4 is 20.3 Å². The molecule has 1 N–H and O–H groups in total. The summed E-state index contributed by atoms with van der Waals surface area (Å²) >= 11 is 5.51. The minimum atomic E-state index is -0.282. The molecule has 0 fully saturated rings. The summed E-state index contributed by atoms with van der Waals surface area (Å²) in [6, 6.07) is 18.1. The van der Waals surface area contributed by atoms with Crippen LogP contribution in [0.4, 0.5) is 5.69 Å². The first-order valence-electron chi connectivity index (χ1n) is 11.0. The predicted octanol–water partition coefficient (Wildman–Crippen LogP) is 5.37. The summed E-state index contributed by atoms with van der Waals surface area (Å²) in [6.07, 6.45) is 1.57. The fraction of sp³-hybridized carbons (Fsp3) is 0.154. The molecule has 1 aromatic heterocycles. The first kappa shape index (κ1) is 25.8. The number of benzene rings is 3. The van der Waals surface area contributed by atoms with Gasteiger partial charge in [-0.1, -0.05) is 34.1 Å². The molecule has 3 aromatic carbocycles. The van der Waals surface area contributed by atoms with Crippen molar-refractivity contribution in [1.82, 2.24) is 9.66 Å². The minimum absolute atomic E-state index is 0.175. The topological polar surface area (TPSA) is 94.8 Å². The van der Waals surface area contributed by atoms with Crippen molar-refractivity contribution in [2.45, 2.75) is 13.8 Å². The summed E-state index contributed by atoms with van der Waals surface area (Å²) < 4.78 is 14.4. The first-order chi connectivity index (χ1) is 17.4. The molecular formula is C26H22BrIN4O4. The highest BCUT2D eigenvalue weighted by Crippen LogP contribution is 2.34. The van der Waals surface area contributed by atoms with Gasteiger partial charge in [0.05, 0.1) is 27.3 Å². The lowest BCUT2D eigenvalue weighted by Gasteiger charge is -2.14. The molecule has 1 amide bonds. The SMILES string of the molecule is CCOc1cc(C=Nn2c(C)nc3ccc(Br)cc3c2=O)cc(I)c1OCC(=O)Nc1ccccc1. The molecule has 0 aliphatic carbocycles. The molecule has 0 atom stereocenters. The molecule has 184 valence electrons. The maximum absolute atomic E-state index is 13.0. The van der Waals surface area contributed by atoms with Crippen molar-refractivity contribution in [1.29, 1.82) is 0 Å². The Hall–Kier alpha value is -3.25. The van der Waals surface area contributed by atoms with E-state index in [1.165, 1.54) is 4.68 Å². The average molecular weight is 661 g/mol. The van der Waals surface area contributed by atoms with E-state index in [2.05, 4.69) is 53.9 Å². The Labute approximate surface area is 229 Å². The van der Waals surface area contributed by atoms with Gasteiger partial charge in [0, 0.05) is 10.2 Å². The molecule has 0 bridgehead atoms. The maximum Gasteiger partial charge on any atom is 0.282 e. The second-order valence-electron chi connectivity index (χ2n) is 7.65.